The topological polar surface area (TPSA) is 87.6 Å². The second kappa shape index (κ2) is 7.34. The molecule has 0 aliphatic carbocycles. The van der Waals surface area contributed by atoms with Gasteiger partial charge in [0.25, 0.3) is 10.0 Å². The van der Waals surface area contributed by atoms with Crippen molar-refractivity contribution in [2.75, 3.05) is 6.54 Å². The first-order chi connectivity index (χ1) is 11.2. The Labute approximate surface area is 143 Å². The maximum atomic E-state index is 12.4. The number of hydrogen-bond donors (Lipinski definition) is 2. The molecule has 1 aliphatic heterocycles. The molecule has 0 radical (unpaired) electrons. The van der Waals surface area contributed by atoms with Gasteiger partial charge in [0.2, 0.25) is 5.91 Å². The Morgan fingerprint density at radius 2 is 1.88 bits per heavy atom. The molecule has 1 atom stereocenters. The predicted molar refractivity (Wildman–Crippen MR) is 94.4 cm³/mol. The van der Waals surface area contributed by atoms with Gasteiger partial charge in [-0.2, -0.15) is 0 Å². The van der Waals surface area contributed by atoms with Crippen molar-refractivity contribution in [2.45, 2.75) is 45.1 Å². The van der Waals surface area contributed by atoms with E-state index in [2.05, 4.69) is 28.9 Å². The molecule has 1 aliphatic rings. The highest BCUT2D eigenvalue weighted by molar-refractivity contribution is 7.90. The van der Waals surface area contributed by atoms with E-state index < -0.39 is 16.1 Å². The van der Waals surface area contributed by atoms with Gasteiger partial charge in [0, 0.05) is 12.1 Å². The van der Waals surface area contributed by atoms with E-state index in [-0.39, 0.29) is 22.6 Å². The first-order valence-electron chi connectivity index (χ1n) is 8.20. The van der Waals surface area contributed by atoms with Gasteiger partial charge in [-0.05, 0) is 30.4 Å². The lowest BCUT2D eigenvalue weighted by Gasteiger charge is -2.17. The summed E-state index contributed by atoms with van der Waals surface area (Å²) < 4.78 is 26.7. The van der Waals surface area contributed by atoms with Crippen LogP contribution in [0.4, 0.5) is 0 Å². The summed E-state index contributed by atoms with van der Waals surface area (Å²) in [5, 5.41) is 2.89. The van der Waals surface area contributed by atoms with E-state index in [0.29, 0.717) is 18.0 Å². The molecule has 1 amide bonds. The molecule has 6 nitrogen and oxygen atoms in total. The molecule has 7 heteroatoms. The van der Waals surface area contributed by atoms with Crippen LogP contribution in [0.5, 0.6) is 0 Å². The zero-order chi connectivity index (χ0) is 17.9. The van der Waals surface area contributed by atoms with Crippen LogP contribution < -0.4 is 10.0 Å². The zero-order valence-electron chi connectivity index (χ0n) is 14.5. The number of amides is 1. The number of nitrogens with one attached hydrogen (secondary N) is 2. The van der Waals surface area contributed by atoms with Crippen molar-refractivity contribution < 1.29 is 13.2 Å². The number of benzene rings is 1. The van der Waals surface area contributed by atoms with Crippen molar-refractivity contribution in [1.82, 2.24) is 10.0 Å². The maximum Gasteiger partial charge on any atom is 0.263 e. The third kappa shape index (κ3) is 4.14. The van der Waals surface area contributed by atoms with Crippen molar-refractivity contribution in [3.63, 3.8) is 0 Å². The number of amidine groups is 1. The second-order valence-corrected chi connectivity index (χ2v) is 8.39. The standard InChI is InChI=1S/C17H25N3O3S/c1-11(2)9-10-18-17(21)15(12(3)4)19-16-13-7-5-6-8-14(13)24(22,23)20-16/h5-8,11-12,15H,9-10H2,1-4H3,(H,18,21)(H,19,20). The number of aliphatic imine (C=N–C) groups is 1. The van der Waals surface area contributed by atoms with Crippen LogP contribution in [-0.2, 0) is 14.8 Å². The summed E-state index contributed by atoms with van der Waals surface area (Å²) in [5.74, 6) is 0.515. The Bertz CT molecular complexity index is 739. The molecule has 1 aromatic carbocycles. The molecule has 24 heavy (non-hydrogen) atoms. The Morgan fingerprint density at radius 3 is 2.50 bits per heavy atom. The molecular weight excluding hydrogens is 326 g/mol. The van der Waals surface area contributed by atoms with E-state index in [1.54, 1.807) is 18.2 Å². The Kier molecular flexibility index (Phi) is 5.64. The van der Waals surface area contributed by atoms with Crippen LogP contribution in [0.1, 0.15) is 39.7 Å². The third-order valence-corrected chi connectivity index (χ3v) is 5.25. The lowest BCUT2D eigenvalue weighted by Crippen LogP contribution is -2.39. The van der Waals surface area contributed by atoms with Gasteiger partial charge in [-0.1, -0.05) is 39.8 Å². The second-order valence-electron chi connectivity index (χ2n) is 6.74. The average molecular weight is 351 g/mol. The van der Waals surface area contributed by atoms with Gasteiger partial charge < -0.3 is 5.32 Å². The first-order valence-corrected chi connectivity index (χ1v) is 9.68. The zero-order valence-corrected chi connectivity index (χ0v) is 15.4. The molecule has 0 fully saturated rings. The fraction of sp³-hybridized carbons (Fsp3) is 0.529. The van der Waals surface area contributed by atoms with E-state index in [0.717, 1.165) is 6.42 Å². The lowest BCUT2D eigenvalue weighted by molar-refractivity contribution is -0.123. The number of hydrogen-bond acceptors (Lipinski definition) is 4. The molecule has 0 saturated heterocycles. The van der Waals surface area contributed by atoms with Gasteiger partial charge in [-0.15, -0.1) is 0 Å². The normalized spacial score (nSPS) is 18.5. The van der Waals surface area contributed by atoms with Gasteiger partial charge in [0.05, 0.1) is 4.90 Å². The molecule has 2 N–H and O–H groups in total. The van der Waals surface area contributed by atoms with Crippen LogP contribution >= 0.6 is 0 Å². The first kappa shape index (κ1) is 18.4. The fourth-order valence-electron chi connectivity index (χ4n) is 2.47. The summed E-state index contributed by atoms with van der Waals surface area (Å²) in [7, 11) is -3.59. The minimum atomic E-state index is -3.59. The van der Waals surface area contributed by atoms with Crippen molar-refractivity contribution in [1.29, 1.82) is 0 Å². The number of carbonyl (C=O) groups is 1. The molecule has 0 spiro atoms. The molecule has 1 heterocycles. The Morgan fingerprint density at radius 1 is 1.21 bits per heavy atom. The van der Waals surface area contributed by atoms with Crippen LogP contribution in [0.3, 0.4) is 0 Å². The number of nitrogens with zero attached hydrogens (tertiary/aromatic N) is 1. The minimum Gasteiger partial charge on any atom is -0.354 e. The van der Waals surface area contributed by atoms with Gasteiger partial charge in [0.1, 0.15) is 11.9 Å². The van der Waals surface area contributed by atoms with Crippen molar-refractivity contribution in [3.8, 4) is 0 Å². The number of carbonyl (C=O) groups excluding carboxylic acids is 1. The van der Waals surface area contributed by atoms with Crippen molar-refractivity contribution in [3.05, 3.63) is 29.8 Å². The molecule has 2 rings (SSSR count). The summed E-state index contributed by atoms with van der Waals surface area (Å²) in [6, 6.07) is 6.01. The highest BCUT2D eigenvalue weighted by Gasteiger charge is 2.32. The van der Waals surface area contributed by atoms with E-state index in [1.807, 2.05) is 13.8 Å². The Hall–Kier alpha value is -1.89. The summed E-state index contributed by atoms with van der Waals surface area (Å²) >= 11 is 0. The molecule has 1 unspecified atom stereocenters. The molecule has 1 aromatic rings. The van der Waals surface area contributed by atoms with Crippen LogP contribution in [0.2, 0.25) is 0 Å². The molecule has 0 aromatic heterocycles. The highest BCUT2D eigenvalue weighted by Crippen LogP contribution is 2.23. The largest absolute Gasteiger partial charge is 0.354 e. The van der Waals surface area contributed by atoms with Gasteiger partial charge in [0.15, 0.2) is 0 Å². The average Bonchev–Trinajstić information content (AvgIpc) is 2.75. The molecule has 0 saturated carbocycles. The predicted octanol–water partition coefficient (Wildman–Crippen LogP) is 1.91. The number of sulfonamides is 1. The quantitative estimate of drug-likeness (QED) is 0.821. The molecule has 132 valence electrons. The van der Waals surface area contributed by atoms with E-state index >= 15 is 0 Å². The third-order valence-electron chi connectivity index (χ3n) is 3.85. The SMILES string of the molecule is CC(C)CCNC(=O)C(N=C1NS(=O)(=O)c2ccccc21)C(C)C. The smallest absolute Gasteiger partial charge is 0.263 e. The molecule has 0 bridgehead atoms. The Balaban J connectivity index is 2.25. The van der Waals surface area contributed by atoms with Gasteiger partial charge in [-0.3, -0.25) is 14.5 Å². The number of rotatable bonds is 6. The van der Waals surface area contributed by atoms with Crippen LogP contribution in [-0.4, -0.2) is 32.7 Å². The summed E-state index contributed by atoms with van der Waals surface area (Å²) in [6.45, 7) is 8.57. The summed E-state index contributed by atoms with van der Waals surface area (Å²) in [5.41, 5.74) is 0.512. The van der Waals surface area contributed by atoms with E-state index in [4.69, 9.17) is 0 Å². The van der Waals surface area contributed by atoms with Crippen LogP contribution in [0, 0.1) is 11.8 Å². The minimum absolute atomic E-state index is 0.0474. The number of fused-ring (bicyclic) bond motifs is 1. The lowest BCUT2D eigenvalue weighted by atomic mass is 10.0. The van der Waals surface area contributed by atoms with Gasteiger partial charge >= 0.3 is 0 Å². The van der Waals surface area contributed by atoms with Crippen LogP contribution in [0.25, 0.3) is 0 Å². The van der Waals surface area contributed by atoms with Crippen molar-refractivity contribution >= 4 is 21.8 Å². The van der Waals surface area contributed by atoms with Crippen molar-refractivity contribution in [2.24, 2.45) is 16.8 Å². The fourth-order valence-corrected chi connectivity index (χ4v) is 3.71. The summed E-state index contributed by atoms with van der Waals surface area (Å²) in [4.78, 5) is 17.1. The van der Waals surface area contributed by atoms with E-state index in [9.17, 15) is 13.2 Å². The highest BCUT2D eigenvalue weighted by atomic mass is 32.2. The maximum absolute atomic E-state index is 12.4. The van der Waals surface area contributed by atoms with Gasteiger partial charge in [-0.25, -0.2) is 8.42 Å². The summed E-state index contributed by atoms with van der Waals surface area (Å²) in [6.07, 6.45) is 0.891. The monoisotopic (exact) mass is 351 g/mol. The van der Waals surface area contributed by atoms with E-state index in [1.165, 1.54) is 6.07 Å². The van der Waals surface area contributed by atoms with Crippen LogP contribution in [0.15, 0.2) is 34.2 Å². The molecular formula is C17H25N3O3S.